The molecular weight excluding hydrogens is 493 g/mol. The van der Waals surface area contributed by atoms with E-state index in [1.54, 1.807) is 17.8 Å². The summed E-state index contributed by atoms with van der Waals surface area (Å²) in [4.78, 5) is 31.8. The van der Waals surface area contributed by atoms with E-state index in [0.29, 0.717) is 43.8 Å². The third-order valence-corrected chi connectivity index (χ3v) is 8.02. The number of nitrogens with zero attached hydrogens (tertiary/aromatic N) is 4. The number of fused-ring (bicyclic) bond motifs is 1. The lowest BCUT2D eigenvalue weighted by atomic mass is 9.82. The first-order valence-electron chi connectivity index (χ1n) is 13.0. The summed E-state index contributed by atoms with van der Waals surface area (Å²) < 4.78 is 45.4. The van der Waals surface area contributed by atoms with E-state index in [4.69, 9.17) is 5.26 Å². The summed E-state index contributed by atoms with van der Waals surface area (Å²) in [5, 5.41) is 9.15. The van der Waals surface area contributed by atoms with Gasteiger partial charge in [-0.3, -0.25) is 9.59 Å². The molecule has 1 aliphatic carbocycles. The standard InChI is InChI=1S/C29H29F3N4O2/c1-35-17-23(20-8-10-36(11-9-20)25(38)13-18-4-2-5-18)26-27(29(30,31)32)22(16-34-28(26)35)14-24(37)21-7-3-6-19(12-21)15-33/h3,6-7,12,16-18,20H,2,4-5,8-11,13-14H2,1H3. The summed E-state index contributed by atoms with van der Waals surface area (Å²) >= 11 is 0. The Kier molecular flexibility index (Phi) is 6.99. The number of benzene rings is 1. The highest BCUT2D eigenvalue weighted by molar-refractivity contribution is 5.99. The minimum absolute atomic E-state index is 0.0373. The van der Waals surface area contributed by atoms with Gasteiger partial charge in [-0.05, 0) is 60.8 Å². The predicted molar refractivity (Wildman–Crippen MR) is 135 cm³/mol. The van der Waals surface area contributed by atoms with Gasteiger partial charge in [-0.1, -0.05) is 18.6 Å². The Bertz CT molecular complexity index is 1420. The van der Waals surface area contributed by atoms with Gasteiger partial charge >= 0.3 is 6.18 Å². The maximum atomic E-state index is 14.6. The van der Waals surface area contributed by atoms with Gasteiger partial charge in [0.1, 0.15) is 5.65 Å². The molecule has 0 unspecified atom stereocenters. The van der Waals surface area contributed by atoms with Gasteiger partial charge in [-0.25, -0.2) is 4.98 Å². The number of likely N-dealkylation sites (tertiary alicyclic amines) is 1. The van der Waals surface area contributed by atoms with Gasteiger partial charge in [-0.2, -0.15) is 18.4 Å². The zero-order valence-corrected chi connectivity index (χ0v) is 21.2. The molecule has 2 fully saturated rings. The summed E-state index contributed by atoms with van der Waals surface area (Å²) in [6.07, 6.45) is 2.78. The van der Waals surface area contributed by atoms with Crippen LogP contribution in [0.5, 0.6) is 0 Å². The highest BCUT2D eigenvalue weighted by Gasteiger charge is 2.39. The molecule has 1 aromatic carbocycles. The van der Waals surface area contributed by atoms with Crippen molar-refractivity contribution in [3.05, 3.63) is 64.5 Å². The van der Waals surface area contributed by atoms with Gasteiger partial charge in [-0.15, -0.1) is 0 Å². The Morgan fingerprint density at radius 1 is 1.16 bits per heavy atom. The third-order valence-electron chi connectivity index (χ3n) is 8.02. The van der Waals surface area contributed by atoms with E-state index in [0.717, 1.165) is 19.0 Å². The van der Waals surface area contributed by atoms with Crippen molar-refractivity contribution in [1.29, 1.82) is 5.26 Å². The molecule has 1 amide bonds. The largest absolute Gasteiger partial charge is 0.417 e. The number of alkyl halides is 3. The zero-order valence-electron chi connectivity index (χ0n) is 21.2. The van der Waals surface area contributed by atoms with Gasteiger partial charge in [0.2, 0.25) is 5.91 Å². The Hall–Kier alpha value is -3.67. The molecule has 0 spiro atoms. The molecule has 3 heterocycles. The van der Waals surface area contributed by atoms with Crippen molar-refractivity contribution in [2.75, 3.05) is 13.1 Å². The number of amides is 1. The van der Waals surface area contributed by atoms with E-state index in [1.165, 1.54) is 30.7 Å². The van der Waals surface area contributed by atoms with Crippen LogP contribution in [0.25, 0.3) is 11.0 Å². The second-order valence-corrected chi connectivity index (χ2v) is 10.5. The molecule has 198 valence electrons. The lowest BCUT2D eigenvalue weighted by molar-refractivity contribution is -0.137. The number of ketones is 1. The topological polar surface area (TPSA) is 79.0 Å². The SMILES string of the molecule is Cn1cc(C2CCN(C(=O)CC3CCC3)CC2)c2c(C(F)(F)F)c(CC(=O)c3cccc(C#N)c3)cnc21. The van der Waals surface area contributed by atoms with Crippen LogP contribution in [0.1, 0.15) is 77.1 Å². The highest BCUT2D eigenvalue weighted by Crippen LogP contribution is 2.43. The van der Waals surface area contributed by atoms with Crippen molar-refractivity contribution >= 4 is 22.7 Å². The summed E-state index contributed by atoms with van der Waals surface area (Å²) in [5.41, 5.74) is 0.227. The van der Waals surface area contributed by atoms with Gasteiger partial charge < -0.3 is 9.47 Å². The summed E-state index contributed by atoms with van der Waals surface area (Å²) in [5.74, 6) is -0.0377. The molecule has 0 atom stereocenters. The first-order chi connectivity index (χ1) is 18.2. The molecule has 2 aromatic heterocycles. The Balaban J connectivity index is 1.45. The second kappa shape index (κ2) is 10.2. The minimum Gasteiger partial charge on any atom is -0.343 e. The Morgan fingerprint density at radius 3 is 2.53 bits per heavy atom. The molecule has 9 heteroatoms. The van der Waals surface area contributed by atoms with Crippen LogP contribution in [0, 0.1) is 17.2 Å². The molecule has 3 aromatic rings. The maximum absolute atomic E-state index is 14.6. The number of pyridine rings is 1. The average Bonchev–Trinajstić information content (AvgIpc) is 3.21. The molecule has 38 heavy (non-hydrogen) atoms. The quantitative estimate of drug-likeness (QED) is 0.384. The van der Waals surface area contributed by atoms with Crippen LogP contribution in [-0.2, 0) is 24.4 Å². The molecule has 1 saturated carbocycles. The van der Waals surface area contributed by atoms with Crippen molar-refractivity contribution in [3.63, 3.8) is 0 Å². The van der Waals surface area contributed by atoms with Crippen molar-refractivity contribution in [3.8, 4) is 6.07 Å². The second-order valence-electron chi connectivity index (χ2n) is 10.5. The molecule has 2 aliphatic rings. The van der Waals surface area contributed by atoms with Gasteiger partial charge in [0.05, 0.1) is 17.2 Å². The monoisotopic (exact) mass is 522 g/mol. The fourth-order valence-corrected chi connectivity index (χ4v) is 5.73. The summed E-state index contributed by atoms with van der Waals surface area (Å²) in [6.45, 7) is 1.05. The van der Waals surface area contributed by atoms with E-state index < -0.39 is 23.9 Å². The average molecular weight is 523 g/mol. The zero-order chi connectivity index (χ0) is 27.0. The molecule has 1 aliphatic heterocycles. The molecular formula is C29H29F3N4O2. The lowest BCUT2D eigenvalue weighted by Crippen LogP contribution is -2.39. The van der Waals surface area contributed by atoms with E-state index in [1.807, 2.05) is 11.0 Å². The number of aryl methyl sites for hydroxylation is 1. The number of nitriles is 1. The number of halogens is 3. The van der Waals surface area contributed by atoms with E-state index in [2.05, 4.69) is 4.98 Å². The van der Waals surface area contributed by atoms with E-state index >= 15 is 0 Å². The molecule has 0 bridgehead atoms. The van der Waals surface area contributed by atoms with Crippen LogP contribution in [0.15, 0.2) is 36.7 Å². The predicted octanol–water partition coefficient (Wildman–Crippen LogP) is 5.79. The van der Waals surface area contributed by atoms with Crippen LogP contribution in [0.3, 0.4) is 0 Å². The fraction of sp³-hybridized carbons (Fsp3) is 0.448. The fourth-order valence-electron chi connectivity index (χ4n) is 5.73. The van der Waals surface area contributed by atoms with Crippen LogP contribution < -0.4 is 0 Å². The van der Waals surface area contributed by atoms with Gasteiger partial charge in [0.15, 0.2) is 5.78 Å². The van der Waals surface area contributed by atoms with Gasteiger partial charge in [0.25, 0.3) is 0 Å². The van der Waals surface area contributed by atoms with E-state index in [-0.39, 0.29) is 39.5 Å². The Labute approximate surface area is 219 Å². The van der Waals surface area contributed by atoms with Crippen LogP contribution in [0.2, 0.25) is 0 Å². The number of hydrogen-bond acceptors (Lipinski definition) is 4. The normalized spacial score (nSPS) is 16.9. The third kappa shape index (κ3) is 5.04. The van der Waals surface area contributed by atoms with Crippen LogP contribution >= 0.6 is 0 Å². The van der Waals surface area contributed by atoms with Crippen LogP contribution in [0.4, 0.5) is 13.2 Å². The van der Waals surface area contributed by atoms with Crippen molar-refractivity contribution < 1.29 is 22.8 Å². The first-order valence-corrected chi connectivity index (χ1v) is 13.0. The van der Waals surface area contributed by atoms with Crippen LogP contribution in [-0.4, -0.2) is 39.2 Å². The molecule has 0 N–H and O–H groups in total. The number of Topliss-reactive ketones (excluding diaryl/α,β-unsaturated/α-hetero) is 1. The van der Waals surface area contributed by atoms with E-state index in [9.17, 15) is 22.8 Å². The maximum Gasteiger partial charge on any atom is 0.417 e. The van der Waals surface area contributed by atoms with Crippen molar-refractivity contribution in [1.82, 2.24) is 14.5 Å². The summed E-state index contributed by atoms with van der Waals surface area (Å²) in [6, 6.07) is 7.90. The Morgan fingerprint density at radius 2 is 1.89 bits per heavy atom. The number of carbonyl (C=O) groups excluding carboxylic acids is 2. The number of piperidine rings is 1. The molecule has 6 nitrogen and oxygen atoms in total. The number of aromatic nitrogens is 2. The molecule has 0 radical (unpaired) electrons. The minimum atomic E-state index is -4.69. The van der Waals surface area contributed by atoms with Crippen molar-refractivity contribution in [2.45, 2.75) is 57.0 Å². The number of carbonyl (C=O) groups is 2. The number of rotatable bonds is 6. The first kappa shape index (κ1) is 26.0. The smallest absolute Gasteiger partial charge is 0.343 e. The molecule has 1 saturated heterocycles. The van der Waals surface area contributed by atoms with Gasteiger partial charge in [0, 0.05) is 56.3 Å². The number of hydrogen-bond donors (Lipinski definition) is 0. The molecule has 5 rings (SSSR count). The van der Waals surface area contributed by atoms with Crippen molar-refractivity contribution in [2.24, 2.45) is 13.0 Å². The summed E-state index contributed by atoms with van der Waals surface area (Å²) in [7, 11) is 1.68. The lowest BCUT2D eigenvalue weighted by Gasteiger charge is -2.34. The highest BCUT2D eigenvalue weighted by atomic mass is 19.4.